The molecule has 0 saturated heterocycles. The van der Waals surface area contributed by atoms with Crippen molar-refractivity contribution in [3.8, 4) is 0 Å². The van der Waals surface area contributed by atoms with E-state index in [2.05, 4.69) is 142 Å². The molecule has 4 aromatic carbocycles. The van der Waals surface area contributed by atoms with Gasteiger partial charge in [-0.25, -0.2) is 0 Å². The van der Waals surface area contributed by atoms with Gasteiger partial charge in [0.1, 0.15) is 0 Å². The normalized spacial score (nSPS) is 13.6. The van der Waals surface area contributed by atoms with Crippen molar-refractivity contribution in [3.05, 3.63) is 121 Å². The van der Waals surface area contributed by atoms with E-state index in [1.807, 2.05) is 0 Å². The third kappa shape index (κ3) is 6.01. The van der Waals surface area contributed by atoms with Gasteiger partial charge < -0.3 is 0 Å². The number of rotatable bonds is 16. The van der Waals surface area contributed by atoms with Crippen LogP contribution in [0.5, 0.6) is 0 Å². The SMILES string of the molecule is CCCCCCCP(c1ccccc1)(c1ccccc1)(C(CC)CCCC)P(c1ccccc1)c1ccccc1. The van der Waals surface area contributed by atoms with Gasteiger partial charge >= 0.3 is 247 Å². The van der Waals surface area contributed by atoms with Crippen molar-refractivity contribution in [1.82, 2.24) is 0 Å². The molecule has 0 N–H and O–H groups in total. The van der Waals surface area contributed by atoms with Crippen LogP contribution < -0.4 is 21.2 Å². The summed E-state index contributed by atoms with van der Waals surface area (Å²) in [6, 6.07) is 47.2. The van der Waals surface area contributed by atoms with Gasteiger partial charge in [-0.3, -0.25) is 0 Å². The van der Waals surface area contributed by atoms with E-state index in [1.165, 1.54) is 74.6 Å². The quantitative estimate of drug-likeness (QED) is 0.0932. The van der Waals surface area contributed by atoms with Crippen LogP contribution in [0.4, 0.5) is 0 Å². The van der Waals surface area contributed by atoms with Crippen LogP contribution in [0.25, 0.3) is 0 Å². The minimum absolute atomic E-state index is 0.633. The molecule has 0 aliphatic carbocycles. The standard InChI is InChI=1S/C38H50P2/c1-4-7-9-10-23-33-40(36(6-3)28-8-5-2,37-29-19-13-20-30-37,38-31-21-14-22-32-38)39(34-24-15-11-16-25-34)35-26-17-12-18-27-35/h11-22,24-27,29-32,36H,4-10,23,28,33H2,1-3H3. The zero-order valence-corrected chi connectivity index (χ0v) is 26.9. The van der Waals surface area contributed by atoms with Crippen LogP contribution in [0.3, 0.4) is 0 Å². The van der Waals surface area contributed by atoms with Crippen LogP contribution in [0.15, 0.2) is 121 Å². The Balaban J connectivity index is 2.18. The molecule has 0 bridgehead atoms. The molecule has 0 saturated carbocycles. The Labute approximate surface area is 246 Å². The molecule has 0 spiro atoms. The maximum atomic E-state index is 2.53. The predicted molar refractivity (Wildman–Crippen MR) is 185 cm³/mol. The van der Waals surface area contributed by atoms with Crippen molar-refractivity contribution in [1.29, 1.82) is 0 Å². The fourth-order valence-corrected chi connectivity index (χ4v) is 25.5. The van der Waals surface area contributed by atoms with Gasteiger partial charge in [0.2, 0.25) is 0 Å². The van der Waals surface area contributed by atoms with E-state index in [9.17, 15) is 0 Å². The Morgan fingerprint density at radius 3 is 1.35 bits per heavy atom. The predicted octanol–water partition coefficient (Wildman–Crippen LogP) is 10.2. The second-order valence-corrected chi connectivity index (χ2v) is 21.8. The van der Waals surface area contributed by atoms with E-state index >= 15 is 0 Å². The summed E-state index contributed by atoms with van der Waals surface area (Å²) in [5.41, 5.74) is 0.633. The number of benzene rings is 4. The molecule has 0 radical (unpaired) electrons. The number of hydrogen-bond acceptors (Lipinski definition) is 0. The second kappa shape index (κ2) is 15.1. The monoisotopic (exact) mass is 568 g/mol. The molecule has 0 aromatic heterocycles. The molecule has 0 heterocycles. The van der Waals surface area contributed by atoms with E-state index in [-0.39, 0.29) is 0 Å². The molecular weight excluding hydrogens is 518 g/mol. The summed E-state index contributed by atoms with van der Waals surface area (Å²) < 4.78 is 0. The van der Waals surface area contributed by atoms with E-state index in [1.54, 1.807) is 10.6 Å². The average molecular weight is 569 g/mol. The van der Waals surface area contributed by atoms with Gasteiger partial charge in [-0.2, -0.15) is 0 Å². The summed E-state index contributed by atoms with van der Waals surface area (Å²) in [5.74, 6) is 0. The van der Waals surface area contributed by atoms with Crippen LogP contribution in [0.2, 0.25) is 0 Å². The molecule has 0 aliphatic heterocycles. The fourth-order valence-electron chi connectivity index (χ4n) is 7.19. The molecule has 0 fully saturated rings. The first-order valence-corrected chi connectivity index (χ1v) is 20.3. The average Bonchev–Trinajstić information content (AvgIpc) is 3.03. The molecule has 0 amide bonds. The van der Waals surface area contributed by atoms with Crippen molar-refractivity contribution >= 4 is 35.1 Å². The first kappa shape index (κ1) is 30.7. The number of hydrogen-bond donors (Lipinski definition) is 0. The van der Waals surface area contributed by atoms with E-state index in [0.29, 0.717) is 5.66 Å². The second-order valence-electron chi connectivity index (χ2n) is 11.3. The Morgan fingerprint density at radius 1 is 0.500 bits per heavy atom. The topological polar surface area (TPSA) is 0 Å². The fraction of sp³-hybridized carbons (Fsp3) is 0.368. The molecule has 1 unspecified atom stereocenters. The van der Waals surface area contributed by atoms with Crippen molar-refractivity contribution in [2.45, 2.75) is 84.2 Å². The van der Waals surface area contributed by atoms with Crippen LogP contribution in [0, 0.1) is 0 Å². The van der Waals surface area contributed by atoms with Gasteiger partial charge in [0.15, 0.2) is 0 Å². The molecule has 4 rings (SSSR count). The van der Waals surface area contributed by atoms with Crippen LogP contribution >= 0.6 is 13.9 Å². The summed E-state index contributed by atoms with van der Waals surface area (Å²) in [4.78, 5) is 0. The first-order chi connectivity index (χ1) is 19.7. The van der Waals surface area contributed by atoms with E-state index in [0.717, 1.165) is 0 Å². The van der Waals surface area contributed by atoms with Crippen molar-refractivity contribution < 1.29 is 0 Å². The molecule has 212 valence electrons. The molecular formula is C38H50P2. The van der Waals surface area contributed by atoms with Gasteiger partial charge in [-0.15, -0.1) is 0 Å². The van der Waals surface area contributed by atoms with Crippen LogP contribution in [-0.2, 0) is 0 Å². The Bertz CT molecular complexity index is 1160. The summed E-state index contributed by atoms with van der Waals surface area (Å²) >= 11 is 0. The maximum absolute atomic E-state index is 2.91. The molecule has 40 heavy (non-hydrogen) atoms. The Morgan fingerprint density at radius 2 is 0.925 bits per heavy atom. The number of unbranched alkanes of at least 4 members (excludes halogenated alkanes) is 5. The third-order valence-electron chi connectivity index (χ3n) is 8.99. The van der Waals surface area contributed by atoms with Crippen molar-refractivity contribution in [3.63, 3.8) is 0 Å². The van der Waals surface area contributed by atoms with Gasteiger partial charge in [-0.05, 0) is 0 Å². The minimum atomic E-state index is -2.91. The van der Waals surface area contributed by atoms with Gasteiger partial charge in [0.25, 0.3) is 0 Å². The zero-order valence-electron chi connectivity index (χ0n) is 25.1. The first-order valence-electron chi connectivity index (χ1n) is 15.7. The molecule has 1 atom stereocenters. The molecule has 0 nitrogen and oxygen atoms in total. The van der Waals surface area contributed by atoms with Crippen molar-refractivity contribution in [2.75, 3.05) is 6.16 Å². The summed E-state index contributed by atoms with van der Waals surface area (Å²) in [5, 5.41) is 6.35. The zero-order chi connectivity index (χ0) is 28.1. The molecule has 0 aliphatic rings. The molecule has 4 aromatic rings. The van der Waals surface area contributed by atoms with Crippen molar-refractivity contribution in [2.24, 2.45) is 0 Å². The van der Waals surface area contributed by atoms with Gasteiger partial charge in [0.05, 0.1) is 0 Å². The third-order valence-corrected chi connectivity index (χ3v) is 24.9. The van der Waals surface area contributed by atoms with E-state index < -0.39 is 13.9 Å². The Kier molecular flexibility index (Phi) is 11.6. The Hall–Kier alpha value is -2.26. The van der Waals surface area contributed by atoms with Gasteiger partial charge in [0, 0.05) is 0 Å². The van der Waals surface area contributed by atoms with Gasteiger partial charge in [-0.1, -0.05) is 0 Å². The summed E-state index contributed by atoms with van der Waals surface area (Å²) in [6.45, 7) is 7.19. The summed E-state index contributed by atoms with van der Waals surface area (Å²) in [6.07, 6.45) is 10.0. The van der Waals surface area contributed by atoms with Crippen LogP contribution in [0.1, 0.15) is 78.6 Å². The molecule has 2 heteroatoms. The van der Waals surface area contributed by atoms with E-state index in [4.69, 9.17) is 0 Å². The van der Waals surface area contributed by atoms with Crippen LogP contribution in [-0.4, -0.2) is 11.8 Å². The summed E-state index contributed by atoms with van der Waals surface area (Å²) in [7, 11) is -0.691.